The maximum Gasteiger partial charge on any atom is 2.00 e. The van der Waals surface area contributed by atoms with Gasteiger partial charge in [-0.2, -0.15) is 0 Å². The second kappa shape index (κ2) is 8.04. The molecule has 0 aromatic carbocycles. The Morgan fingerprint density at radius 1 is 1.55 bits per heavy atom. The predicted octanol–water partition coefficient (Wildman–Crippen LogP) is 0.0345. The van der Waals surface area contributed by atoms with Crippen LogP contribution in [0.3, 0.4) is 0 Å². The van der Waals surface area contributed by atoms with E-state index in [9.17, 15) is 9.59 Å². The van der Waals surface area contributed by atoms with Crippen LogP contribution in [0.15, 0.2) is 12.2 Å². The van der Waals surface area contributed by atoms with E-state index in [-0.39, 0.29) is 47.2 Å². The average Bonchev–Trinajstić information content (AvgIpc) is 1.85. The Hall–Kier alpha value is -0.0603. The van der Waals surface area contributed by atoms with Crippen molar-refractivity contribution >= 4 is 49.7 Å². The van der Waals surface area contributed by atoms with Crippen LogP contribution < -0.4 is 0 Å². The number of carbonyl (C=O) groups is 2. The summed E-state index contributed by atoms with van der Waals surface area (Å²) >= 11 is 0. The molecule has 0 fully saturated rings. The van der Waals surface area contributed by atoms with E-state index in [0.29, 0.717) is 0 Å². The van der Waals surface area contributed by atoms with Gasteiger partial charge in [-0.15, -0.1) is 0 Å². The minimum absolute atomic E-state index is 0. The van der Waals surface area contributed by atoms with Gasteiger partial charge in [0.1, 0.15) is 0 Å². The summed E-state index contributed by atoms with van der Waals surface area (Å²) in [6.45, 7) is 1.90. The SMILES string of the molecule is CCOC(=O)/C=C\C(=O)O.[Ca+2].[H-].[H-]. The van der Waals surface area contributed by atoms with Crippen molar-refractivity contribution in [2.75, 3.05) is 6.61 Å². The molecule has 0 atom stereocenters. The molecule has 0 rings (SSSR count). The van der Waals surface area contributed by atoms with E-state index in [0.717, 1.165) is 12.2 Å². The molecule has 11 heavy (non-hydrogen) atoms. The molecule has 0 spiro atoms. The van der Waals surface area contributed by atoms with Gasteiger partial charge >= 0.3 is 49.7 Å². The zero-order valence-electron chi connectivity index (χ0n) is 8.24. The first-order valence-electron chi connectivity index (χ1n) is 2.74. The molecule has 5 heteroatoms. The summed E-state index contributed by atoms with van der Waals surface area (Å²) in [6.07, 6.45) is 1.60. The van der Waals surface area contributed by atoms with Gasteiger partial charge in [0.2, 0.25) is 0 Å². The van der Waals surface area contributed by atoms with Gasteiger partial charge in [-0.05, 0) is 6.92 Å². The van der Waals surface area contributed by atoms with E-state index in [2.05, 4.69) is 4.74 Å². The molecule has 0 aliphatic heterocycles. The van der Waals surface area contributed by atoms with Crippen LogP contribution in [-0.4, -0.2) is 61.4 Å². The molecular weight excluding hydrogens is 176 g/mol. The summed E-state index contributed by atoms with van der Waals surface area (Å²) in [6, 6.07) is 0. The largest absolute Gasteiger partial charge is 2.00 e. The molecule has 0 bridgehead atoms. The molecule has 0 unspecified atom stereocenters. The topological polar surface area (TPSA) is 63.6 Å². The Kier molecular flexibility index (Phi) is 9.89. The molecule has 1 N–H and O–H groups in total. The Morgan fingerprint density at radius 2 is 2.09 bits per heavy atom. The van der Waals surface area contributed by atoms with Crippen LogP contribution in [0.5, 0.6) is 0 Å². The third-order valence-electron chi connectivity index (χ3n) is 0.649. The van der Waals surface area contributed by atoms with E-state index in [1.54, 1.807) is 6.92 Å². The molecule has 0 aliphatic carbocycles. The van der Waals surface area contributed by atoms with Gasteiger partial charge in [-0.3, -0.25) is 0 Å². The summed E-state index contributed by atoms with van der Waals surface area (Å²) in [7, 11) is 0. The number of aliphatic carboxylic acids is 1. The van der Waals surface area contributed by atoms with Gasteiger partial charge in [0, 0.05) is 12.2 Å². The number of hydrogen-bond acceptors (Lipinski definition) is 3. The van der Waals surface area contributed by atoms with Crippen LogP contribution in [0.1, 0.15) is 9.78 Å². The normalized spacial score (nSPS) is 8.82. The van der Waals surface area contributed by atoms with Crippen molar-refractivity contribution in [1.29, 1.82) is 0 Å². The first-order chi connectivity index (χ1) is 4.66. The fraction of sp³-hybridized carbons (Fsp3) is 0.333. The van der Waals surface area contributed by atoms with Gasteiger partial charge in [-0.1, -0.05) is 0 Å². The van der Waals surface area contributed by atoms with Crippen molar-refractivity contribution in [2.45, 2.75) is 6.92 Å². The molecule has 0 aromatic heterocycles. The van der Waals surface area contributed by atoms with E-state index in [1.807, 2.05) is 0 Å². The fourth-order valence-electron chi connectivity index (χ4n) is 0.330. The fourth-order valence-corrected chi connectivity index (χ4v) is 0.330. The Morgan fingerprint density at radius 3 is 2.45 bits per heavy atom. The molecule has 60 valence electrons. The maximum absolute atomic E-state index is 10.4. The van der Waals surface area contributed by atoms with Crippen molar-refractivity contribution in [2.24, 2.45) is 0 Å². The van der Waals surface area contributed by atoms with Crippen LogP contribution in [0, 0.1) is 0 Å². The van der Waals surface area contributed by atoms with Crippen molar-refractivity contribution in [3.8, 4) is 0 Å². The first kappa shape index (κ1) is 13.5. The number of carboxylic acid groups (broad SMARTS) is 1. The zero-order chi connectivity index (χ0) is 7.98. The van der Waals surface area contributed by atoms with E-state index >= 15 is 0 Å². The molecule has 0 radical (unpaired) electrons. The smallest absolute Gasteiger partial charge is 1.00 e. The molecule has 0 saturated heterocycles. The standard InChI is InChI=1S/C6H8O4.Ca.2H/c1-2-10-6(9)4-3-5(7)8;;;/h3-4H,2H2,1H3,(H,7,8);;;/q;+2;2*-1/b4-3-;;;. The Balaban J connectivity index is -0.000000135. The number of ether oxygens (including phenoxy) is 1. The van der Waals surface area contributed by atoms with Crippen LogP contribution in [0.4, 0.5) is 0 Å². The molecule has 0 heterocycles. The van der Waals surface area contributed by atoms with Gasteiger partial charge in [-0.25, -0.2) is 9.59 Å². The monoisotopic (exact) mass is 186 g/mol. The quantitative estimate of drug-likeness (QED) is 0.384. The molecule has 4 nitrogen and oxygen atoms in total. The maximum atomic E-state index is 10.4. The average molecular weight is 186 g/mol. The minimum Gasteiger partial charge on any atom is -1.00 e. The third kappa shape index (κ3) is 9.94. The van der Waals surface area contributed by atoms with Crippen LogP contribution in [-0.2, 0) is 14.3 Å². The van der Waals surface area contributed by atoms with E-state index in [1.165, 1.54) is 0 Å². The molecule has 0 aromatic rings. The number of carboxylic acids is 1. The third-order valence-corrected chi connectivity index (χ3v) is 0.649. The summed E-state index contributed by atoms with van der Waals surface area (Å²) in [4.78, 5) is 20.2. The van der Waals surface area contributed by atoms with Gasteiger partial charge < -0.3 is 12.7 Å². The van der Waals surface area contributed by atoms with Gasteiger partial charge in [0.05, 0.1) is 6.61 Å². The number of hydrogen-bond donors (Lipinski definition) is 1. The summed E-state index contributed by atoms with van der Waals surface area (Å²) in [5.74, 6) is -1.79. The van der Waals surface area contributed by atoms with Gasteiger partial charge in [0.15, 0.2) is 0 Å². The Labute approximate surface area is 97.2 Å². The van der Waals surface area contributed by atoms with E-state index < -0.39 is 11.9 Å². The predicted molar refractivity (Wildman–Crippen MR) is 41.4 cm³/mol. The number of esters is 1. The second-order valence-electron chi connectivity index (χ2n) is 1.42. The molecular formula is C6H10CaO4. The molecule has 0 saturated carbocycles. The van der Waals surface area contributed by atoms with Crippen LogP contribution >= 0.6 is 0 Å². The van der Waals surface area contributed by atoms with Crippen molar-refractivity contribution in [3.05, 3.63) is 12.2 Å². The van der Waals surface area contributed by atoms with Crippen molar-refractivity contribution < 1.29 is 22.3 Å². The molecule has 0 aliphatic rings. The summed E-state index contributed by atoms with van der Waals surface area (Å²) < 4.78 is 4.40. The van der Waals surface area contributed by atoms with Gasteiger partial charge in [0.25, 0.3) is 0 Å². The van der Waals surface area contributed by atoms with Crippen LogP contribution in [0.25, 0.3) is 0 Å². The van der Waals surface area contributed by atoms with Crippen molar-refractivity contribution in [1.82, 2.24) is 0 Å². The molecule has 0 amide bonds. The number of carbonyl (C=O) groups excluding carboxylic acids is 1. The van der Waals surface area contributed by atoms with Crippen LogP contribution in [0.2, 0.25) is 0 Å². The summed E-state index contributed by atoms with van der Waals surface area (Å²) in [5.41, 5.74) is 0. The second-order valence-corrected chi connectivity index (χ2v) is 1.42. The zero-order valence-corrected chi connectivity index (χ0v) is 8.45. The first-order valence-corrected chi connectivity index (χ1v) is 2.74. The minimum atomic E-state index is -1.16. The van der Waals surface area contributed by atoms with Crippen molar-refractivity contribution in [3.63, 3.8) is 0 Å². The van der Waals surface area contributed by atoms with E-state index in [4.69, 9.17) is 5.11 Å². The summed E-state index contributed by atoms with van der Waals surface area (Å²) in [5, 5.41) is 8.04. The number of rotatable bonds is 3. The Bertz CT molecular complexity index is 172.